The Labute approximate surface area is 82.1 Å². The van der Waals surface area contributed by atoms with E-state index in [1.54, 1.807) is 6.92 Å². The predicted molar refractivity (Wildman–Crippen MR) is 49.5 cm³/mol. The van der Waals surface area contributed by atoms with Crippen LogP contribution in [0.15, 0.2) is 18.2 Å². The third-order valence-corrected chi connectivity index (χ3v) is 1.76. The van der Waals surface area contributed by atoms with Gasteiger partial charge in [-0.3, -0.25) is 0 Å². The lowest BCUT2D eigenvalue weighted by Gasteiger charge is -2.12. The highest BCUT2D eigenvalue weighted by Crippen LogP contribution is 2.25. The highest BCUT2D eigenvalue weighted by atomic mass is 19.1. The quantitative estimate of drug-likeness (QED) is 0.754. The fourth-order valence-corrected chi connectivity index (χ4v) is 1.10. The molecule has 1 atom stereocenters. The van der Waals surface area contributed by atoms with E-state index in [0.29, 0.717) is 11.3 Å². The number of ether oxygens (including phenoxy) is 2. The summed E-state index contributed by atoms with van der Waals surface area (Å²) in [7, 11) is 1.47. The van der Waals surface area contributed by atoms with Crippen LogP contribution < -0.4 is 4.74 Å². The maximum Gasteiger partial charge on any atom is 0.188 e. The zero-order valence-electron chi connectivity index (χ0n) is 8.16. The van der Waals surface area contributed by atoms with E-state index in [-0.39, 0.29) is 6.79 Å². The number of halogens is 1. The van der Waals surface area contributed by atoms with Crippen molar-refractivity contribution in [3.63, 3.8) is 0 Å². The SMILES string of the molecule is COCOc1cc(F)ccc1[C@H](C)O. The molecule has 0 amide bonds. The fourth-order valence-electron chi connectivity index (χ4n) is 1.10. The highest BCUT2D eigenvalue weighted by Gasteiger charge is 2.09. The standard InChI is InChI=1S/C10H13FO3/c1-7(12)9-4-3-8(11)5-10(9)14-6-13-2/h3-5,7,12H,6H2,1-2H3/t7-/m0/s1. The van der Waals surface area contributed by atoms with Gasteiger partial charge in [-0.25, -0.2) is 4.39 Å². The van der Waals surface area contributed by atoms with E-state index >= 15 is 0 Å². The molecule has 0 heterocycles. The molecule has 0 fully saturated rings. The average molecular weight is 200 g/mol. The minimum atomic E-state index is -0.692. The van der Waals surface area contributed by atoms with Gasteiger partial charge >= 0.3 is 0 Å². The molecular formula is C10H13FO3. The molecule has 1 aromatic carbocycles. The second-order valence-electron chi connectivity index (χ2n) is 2.91. The minimum absolute atomic E-state index is 0.0309. The van der Waals surface area contributed by atoms with Gasteiger partial charge in [-0.1, -0.05) is 0 Å². The monoisotopic (exact) mass is 200 g/mol. The van der Waals surface area contributed by atoms with E-state index in [1.165, 1.54) is 25.3 Å². The number of hydrogen-bond acceptors (Lipinski definition) is 3. The summed E-state index contributed by atoms with van der Waals surface area (Å²) in [6.45, 7) is 1.62. The van der Waals surface area contributed by atoms with Gasteiger partial charge < -0.3 is 14.6 Å². The Morgan fingerprint density at radius 3 is 2.79 bits per heavy atom. The number of methoxy groups -OCH3 is 1. The van der Waals surface area contributed by atoms with Crippen LogP contribution in [0, 0.1) is 5.82 Å². The van der Waals surface area contributed by atoms with Gasteiger partial charge in [0, 0.05) is 18.7 Å². The van der Waals surface area contributed by atoms with E-state index in [0.717, 1.165) is 0 Å². The Morgan fingerprint density at radius 1 is 1.50 bits per heavy atom. The van der Waals surface area contributed by atoms with Crippen molar-refractivity contribution < 1.29 is 19.0 Å². The first kappa shape index (κ1) is 10.9. The Kier molecular flexibility index (Phi) is 3.85. The first-order valence-electron chi connectivity index (χ1n) is 4.24. The molecule has 0 radical (unpaired) electrons. The van der Waals surface area contributed by atoms with E-state index < -0.39 is 11.9 Å². The summed E-state index contributed by atoms with van der Waals surface area (Å²) in [6, 6.07) is 3.99. The molecule has 0 aliphatic heterocycles. The van der Waals surface area contributed by atoms with Crippen molar-refractivity contribution in [2.75, 3.05) is 13.9 Å². The fraction of sp³-hybridized carbons (Fsp3) is 0.400. The first-order valence-corrected chi connectivity index (χ1v) is 4.24. The summed E-state index contributed by atoms with van der Waals surface area (Å²) in [6.07, 6.45) is -0.692. The number of benzene rings is 1. The molecule has 3 nitrogen and oxygen atoms in total. The van der Waals surface area contributed by atoms with Gasteiger partial charge in [0.05, 0.1) is 6.10 Å². The lowest BCUT2D eigenvalue weighted by atomic mass is 10.1. The van der Waals surface area contributed by atoms with Crippen LogP contribution in [-0.2, 0) is 4.74 Å². The molecular weight excluding hydrogens is 187 g/mol. The van der Waals surface area contributed by atoms with E-state index in [9.17, 15) is 9.50 Å². The lowest BCUT2D eigenvalue weighted by molar-refractivity contribution is 0.0481. The lowest BCUT2D eigenvalue weighted by Crippen LogP contribution is -2.03. The van der Waals surface area contributed by atoms with Gasteiger partial charge in [-0.05, 0) is 19.1 Å². The third-order valence-electron chi connectivity index (χ3n) is 1.76. The molecule has 0 unspecified atom stereocenters. The van der Waals surface area contributed by atoms with Crippen molar-refractivity contribution in [3.8, 4) is 5.75 Å². The average Bonchev–Trinajstić information content (AvgIpc) is 2.14. The van der Waals surface area contributed by atoms with E-state index in [4.69, 9.17) is 9.47 Å². The van der Waals surface area contributed by atoms with Crippen LogP contribution in [0.3, 0.4) is 0 Å². The van der Waals surface area contributed by atoms with Crippen LogP contribution in [0.5, 0.6) is 5.75 Å². The predicted octanol–water partition coefficient (Wildman–Crippen LogP) is 1.86. The maximum atomic E-state index is 12.8. The van der Waals surface area contributed by atoms with Gasteiger partial charge in [0.2, 0.25) is 0 Å². The van der Waals surface area contributed by atoms with Crippen molar-refractivity contribution in [1.29, 1.82) is 0 Å². The molecule has 0 spiro atoms. The largest absolute Gasteiger partial charge is 0.467 e. The molecule has 0 saturated heterocycles. The van der Waals surface area contributed by atoms with Gasteiger partial charge in [0.15, 0.2) is 6.79 Å². The molecule has 0 aliphatic carbocycles. The van der Waals surface area contributed by atoms with E-state index in [2.05, 4.69) is 0 Å². The van der Waals surface area contributed by atoms with Crippen LogP contribution in [0.25, 0.3) is 0 Å². The van der Waals surface area contributed by atoms with Crippen LogP contribution in [-0.4, -0.2) is 19.0 Å². The topological polar surface area (TPSA) is 38.7 Å². The molecule has 0 aromatic heterocycles. The van der Waals surface area contributed by atoms with Gasteiger partial charge in [0.25, 0.3) is 0 Å². The van der Waals surface area contributed by atoms with Crippen molar-refractivity contribution in [2.45, 2.75) is 13.0 Å². The van der Waals surface area contributed by atoms with Gasteiger partial charge in [-0.15, -0.1) is 0 Å². The normalized spacial score (nSPS) is 12.6. The summed E-state index contributed by atoms with van der Waals surface area (Å²) in [5, 5.41) is 9.35. The Balaban J connectivity index is 2.91. The van der Waals surface area contributed by atoms with Crippen molar-refractivity contribution >= 4 is 0 Å². The summed E-state index contributed by atoms with van der Waals surface area (Å²) >= 11 is 0. The molecule has 78 valence electrons. The third kappa shape index (κ3) is 2.68. The Hall–Kier alpha value is -1.13. The summed E-state index contributed by atoms with van der Waals surface area (Å²) in [5.41, 5.74) is 0.545. The maximum absolute atomic E-state index is 12.8. The number of aliphatic hydroxyl groups excluding tert-OH is 1. The zero-order chi connectivity index (χ0) is 10.6. The Morgan fingerprint density at radius 2 is 2.21 bits per heavy atom. The van der Waals surface area contributed by atoms with Gasteiger partial charge in [0.1, 0.15) is 11.6 Å². The van der Waals surface area contributed by atoms with Crippen LogP contribution >= 0.6 is 0 Å². The van der Waals surface area contributed by atoms with Crippen LogP contribution in [0.2, 0.25) is 0 Å². The van der Waals surface area contributed by atoms with E-state index in [1.807, 2.05) is 0 Å². The van der Waals surface area contributed by atoms with Crippen molar-refractivity contribution in [1.82, 2.24) is 0 Å². The molecule has 1 N–H and O–H groups in total. The first-order chi connectivity index (χ1) is 6.65. The van der Waals surface area contributed by atoms with Crippen LogP contribution in [0.1, 0.15) is 18.6 Å². The molecule has 1 rings (SSSR count). The highest BCUT2D eigenvalue weighted by molar-refractivity contribution is 5.35. The molecule has 14 heavy (non-hydrogen) atoms. The number of hydrogen-bond donors (Lipinski definition) is 1. The summed E-state index contributed by atoms with van der Waals surface area (Å²) in [4.78, 5) is 0. The molecule has 0 bridgehead atoms. The van der Waals surface area contributed by atoms with Gasteiger partial charge in [-0.2, -0.15) is 0 Å². The number of aliphatic hydroxyl groups is 1. The van der Waals surface area contributed by atoms with Crippen LogP contribution in [0.4, 0.5) is 4.39 Å². The second-order valence-corrected chi connectivity index (χ2v) is 2.91. The number of rotatable bonds is 4. The molecule has 0 aliphatic rings. The van der Waals surface area contributed by atoms with Crippen molar-refractivity contribution in [3.05, 3.63) is 29.6 Å². The Bertz CT molecular complexity index is 299. The zero-order valence-corrected chi connectivity index (χ0v) is 8.16. The summed E-state index contributed by atoms with van der Waals surface area (Å²) < 4.78 is 22.6. The minimum Gasteiger partial charge on any atom is -0.467 e. The summed E-state index contributed by atoms with van der Waals surface area (Å²) in [5.74, 6) is -0.0950. The second kappa shape index (κ2) is 4.93. The molecule has 1 aromatic rings. The molecule has 4 heteroatoms. The molecule has 0 saturated carbocycles. The smallest absolute Gasteiger partial charge is 0.188 e. The van der Waals surface area contributed by atoms with Crippen molar-refractivity contribution in [2.24, 2.45) is 0 Å².